The normalized spacial score (nSPS) is 11.1. The van der Waals surface area contributed by atoms with E-state index in [9.17, 15) is 4.39 Å². The zero-order valence-electron chi connectivity index (χ0n) is 9.97. The monoisotopic (exact) mass is 243 g/mol. The van der Waals surface area contributed by atoms with Crippen LogP contribution < -0.4 is 0 Å². The molecule has 0 amide bonds. The van der Waals surface area contributed by atoms with Gasteiger partial charge < -0.3 is 4.90 Å². The molecule has 0 atom stereocenters. The van der Waals surface area contributed by atoms with E-state index in [0.717, 1.165) is 31.5 Å². The number of hydrogen-bond acceptors (Lipinski definition) is 1. The van der Waals surface area contributed by atoms with Gasteiger partial charge in [-0.3, -0.25) is 0 Å². The fraction of sp³-hybridized carbons (Fsp3) is 0.538. The molecule has 0 aliphatic rings. The van der Waals surface area contributed by atoms with Crippen LogP contribution in [0.5, 0.6) is 0 Å². The van der Waals surface area contributed by atoms with Crippen molar-refractivity contribution >= 4 is 11.6 Å². The molecule has 0 heterocycles. The summed E-state index contributed by atoms with van der Waals surface area (Å²) < 4.78 is 13.0. The topological polar surface area (TPSA) is 3.24 Å². The molecule has 1 nitrogen and oxygen atoms in total. The molecule has 0 bridgehead atoms. The van der Waals surface area contributed by atoms with Crippen molar-refractivity contribution in [2.75, 3.05) is 26.0 Å². The lowest BCUT2D eigenvalue weighted by Gasteiger charge is -2.15. The number of likely N-dealkylation sites (N-methyl/N-ethyl adjacent to an activating group) is 1. The van der Waals surface area contributed by atoms with Gasteiger partial charge in [0.2, 0.25) is 0 Å². The Morgan fingerprint density at radius 1 is 1.31 bits per heavy atom. The first-order valence-electron chi connectivity index (χ1n) is 5.63. The van der Waals surface area contributed by atoms with Gasteiger partial charge in [0.15, 0.2) is 0 Å². The highest BCUT2D eigenvalue weighted by Crippen LogP contribution is 2.10. The number of halogens is 2. The van der Waals surface area contributed by atoms with Crippen LogP contribution in [0.4, 0.5) is 4.39 Å². The molecule has 0 unspecified atom stereocenters. The number of nitrogens with zero attached hydrogens (tertiary/aromatic N) is 1. The molecule has 0 saturated carbocycles. The maximum absolute atomic E-state index is 13.0. The summed E-state index contributed by atoms with van der Waals surface area (Å²) in [5.74, 6) is 0.583. The molecule has 0 saturated heterocycles. The van der Waals surface area contributed by atoms with E-state index in [1.807, 2.05) is 12.1 Å². The van der Waals surface area contributed by atoms with Crippen LogP contribution in [0.2, 0.25) is 0 Å². The maximum Gasteiger partial charge on any atom is 0.126 e. The molecule has 0 N–H and O–H groups in total. The van der Waals surface area contributed by atoms with E-state index in [2.05, 4.69) is 11.9 Å². The second-order valence-corrected chi connectivity index (χ2v) is 4.56. The van der Waals surface area contributed by atoms with Gasteiger partial charge in [-0.2, -0.15) is 0 Å². The summed E-state index contributed by atoms with van der Waals surface area (Å²) in [4.78, 5) is 2.25. The molecule has 16 heavy (non-hydrogen) atoms. The molecule has 1 aromatic carbocycles. The van der Waals surface area contributed by atoms with Crippen molar-refractivity contribution in [2.24, 2.45) is 0 Å². The number of hydrogen-bond donors (Lipinski definition) is 0. The second kappa shape index (κ2) is 6.87. The predicted molar refractivity (Wildman–Crippen MR) is 67.7 cm³/mol. The summed E-state index contributed by atoms with van der Waals surface area (Å²) in [5.41, 5.74) is 1.91. The molecule has 1 aromatic rings. The van der Waals surface area contributed by atoms with Crippen molar-refractivity contribution in [1.82, 2.24) is 4.90 Å². The number of alkyl halides is 1. The van der Waals surface area contributed by atoms with Gasteiger partial charge in [0.1, 0.15) is 5.82 Å². The van der Waals surface area contributed by atoms with Crippen LogP contribution >= 0.6 is 11.6 Å². The van der Waals surface area contributed by atoms with Gasteiger partial charge in [-0.25, -0.2) is 4.39 Å². The van der Waals surface area contributed by atoms with Gasteiger partial charge in [-0.1, -0.05) is 12.1 Å². The summed E-state index contributed by atoms with van der Waals surface area (Å²) in [7, 11) is 2.09. The van der Waals surface area contributed by atoms with Crippen LogP contribution in [-0.4, -0.2) is 30.9 Å². The Hall–Kier alpha value is -0.600. The molecule has 1 rings (SSSR count). The van der Waals surface area contributed by atoms with Crippen molar-refractivity contribution in [3.05, 3.63) is 35.1 Å². The van der Waals surface area contributed by atoms with Crippen LogP contribution in [-0.2, 0) is 6.42 Å². The predicted octanol–water partition coefficient (Wildman–Crippen LogP) is 3.24. The largest absolute Gasteiger partial charge is 0.306 e. The standard InChI is InChI=1S/C13H19ClFN/c1-11-10-12(4-5-13(11)15)6-9-16(2)8-3-7-14/h4-5,10H,3,6-9H2,1-2H3. The van der Waals surface area contributed by atoms with Gasteiger partial charge >= 0.3 is 0 Å². The number of rotatable bonds is 6. The second-order valence-electron chi connectivity index (χ2n) is 4.18. The molecule has 90 valence electrons. The van der Waals surface area contributed by atoms with Crippen LogP contribution in [0.1, 0.15) is 17.5 Å². The summed E-state index contributed by atoms with van der Waals surface area (Å²) in [6.45, 7) is 3.81. The Balaban J connectivity index is 2.39. The van der Waals surface area contributed by atoms with Crippen molar-refractivity contribution in [1.29, 1.82) is 0 Å². The lowest BCUT2D eigenvalue weighted by Crippen LogP contribution is -2.22. The Bertz CT molecular complexity index is 328. The summed E-state index contributed by atoms with van der Waals surface area (Å²) >= 11 is 5.63. The molecule has 3 heteroatoms. The molecule has 0 aliphatic heterocycles. The third-order valence-electron chi connectivity index (χ3n) is 2.68. The first-order valence-corrected chi connectivity index (χ1v) is 6.16. The zero-order valence-corrected chi connectivity index (χ0v) is 10.7. The van der Waals surface area contributed by atoms with Crippen LogP contribution in [0.3, 0.4) is 0 Å². The van der Waals surface area contributed by atoms with E-state index >= 15 is 0 Å². The molecular weight excluding hydrogens is 225 g/mol. The highest BCUT2D eigenvalue weighted by Gasteiger charge is 2.01. The SMILES string of the molecule is Cc1cc(CCN(C)CCCCl)ccc1F. The highest BCUT2D eigenvalue weighted by molar-refractivity contribution is 6.17. The Morgan fingerprint density at radius 3 is 2.69 bits per heavy atom. The average molecular weight is 244 g/mol. The van der Waals surface area contributed by atoms with Gasteiger partial charge in [0.05, 0.1) is 0 Å². The third kappa shape index (κ3) is 4.50. The van der Waals surface area contributed by atoms with Gasteiger partial charge in [-0.05, 0) is 50.6 Å². The molecule has 0 spiro atoms. The molecule has 0 fully saturated rings. The quantitative estimate of drug-likeness (QED) is 0.694. The Morgan fingerprint density at radius 2 is 2.06 bits per heavy atom. The molecular formula is C13H19ClFN. The third-order valence-corrected chi connectivity index (χ3v) is 2.95. The summed E-state index contributed by atoms with van der Waals surface area (Å²) in [5, 5.41) is 0. The molecule has 0 radical (unpaired) electrons. The lowest BCUT2D eigenvalue weighted by molar-refractivity contribution is 0.340. The average Bonchev–Trinajstić information content (AvgIpc) is 2.28. The van der Waals surface area contributed by atoms with Crippen molar-refractivity contribution in [3.63, 3.8) is 0 Å². The minimum absolute atomic E-state index is 0.126. The van der Waals surface area contributed by atoms with Crippen molar-refractivity contribution < 1.29 is 4.39 Å². The van der Waals surface area contributed by atoms with Crippen LogP contribution in [0.25, 0.3) is 0 Å². The van der Waals surface area contributed by atoms with Gasteiger partial charge in [-0.15, -0.1) is 11.6 Å². The number of benzene rings is 1. The van der Waals surface area contributed by atoms with Gasteiger partial charge in [0, 0.05) is 12.4 Å². The lowest BCUT2D eigenvalue weighted by atomic mass is 10.1. The number of aryl methyl sites for hydroxylation is 1. The zero-order chi connectivity index (χ0) is 12.0. The summed E-state index contributed by atoms with van der Waals surface area (Å²) in [6, 6.07) is 5.33. The fourth-order valence-corrected chi connectivity index (χ4v) is 1.74. The smallest absolute Gasteiger partial charge is 0.126 e. The van der Waals surface area contributed by atoms with E-state index in [1.54, 1.807) is 13.0 Å². The van der Waals surface area contributed by atoms with E-state index in [4.69, 9.17) is 11.6 Å². The summed E-state index contributed by atoms with van der Waals surface area (Å²) in [6.07, 6.45) is 1.97. The van der Waals surface area contributed by atoms with E-state index in [1.165, 1.54) is 5.56 Å². The Labute approximate surface area is 102 Å². The van der Waals surface area contributed by atoms with Crippen molar-refractivity contribution in [3.8, 4) is 0 Å². The molecule has 0 aliphatic carbocycles. The minimum atomic E-state index is -0.126. The first-order chi connectivity index (χ1) is 7.63. The van der Waals surface area contributed by atoms with Crippen molar-refractivity contribution in [2.45, 2.75) is 19.8 Å². The van der Waals surface area contributed by atoms with Crippen LogP contribution in [0, 0.1) is 12.7 Å². The maximum atomic E-state index is 13.0. The first kappa shape index (κ1) is 13.5. The van der Waals surface area contributed by atoms with E-state index in [-0.39, 0.29) is 5.82 Å². The Kier molecular flexibility index (Phi) is 5.78. The molecule has 0 aromatic heterocycles. The van der Waals surface area contributed by atoms with Gasteiger partial charge in [0.25, 0.3) is 0 Å². The van der Waals surface area contributed by atoms with E-state index < -0.39 is 0 Å². The minimum Gasteiger partial charge on any atom is -0.306 e. The van der Waals surface area contributed by atoms with E-state index in [0.29, 0.717) is 5.88 Å². The highest BCUT2D eigenvalue weighted by atomic mass is 35.5. The fourth-order valence-electron chi connectivity index (χ4n) is 1.62. The van der Waals surface area contributed by atoms with Crippen LogP contribution in [0.15, 0.2) is 18.2 Å².